The summed E-state index contributed by atoms with van der Waals surface area (Å²) in [6.45, 7) is 0. The van der Waals surface area contributed by atoms with Crippen molar-refractivity contribution in [1.82, 2.24) is 4.90 Å². The lowest BCUT2D eigenvalue weighted by atomic mass is 10.1. The van der Waals surface area contributed by atoms with Gasteiger partial charge in [-0.2, -0.15) is 0 Å². The number of hydrogen-bond donors (Lipinski definition) is 0. The molecule has 0 aliphatic carbocycles. The molecule has 0 aromatic heterocycles. The molecule has 2 aliphatic heterocycles. The molecule has 14 heavy (non-hydrogen) atoms. The van der Waals surface area contributed by atoms with Crippen molar-refractivity contribution in [3.05, 3.63) is 12.2 Å². The maximum absolute atomic E-state index is 11.6. The molecule has 76 valence electrons. The molecule has 0 radical (unpaired) electrons. The van der Waals surface area contributed by atoms with Gasteiger partial charge >= 0.3 is 5.97 Å². The minimum absolute atomic E-state index is 0.0328. The highest BCUT2D eigenvalue weighted by Gasteiger charge is 2.41. The van der Waals surface area contributed by atoms with Crippen LogP contribution >= 0.6 is 0 Å². The van der Waals surface area contributed by atoms with Crippen LogP contribution in [-0.4, -0.2) is 36.0 Å². The van der Waals surface area contributed by atoms with E-state index in [0.717, 1.165) is 6.42 Å². The molecule has 1 amide bonds. The number of hydrogen-bond acceptors (Lipinski definition) is 3. The van der Waals surface area contributed by atoms with Gasteiger partial charge in [0.15, 0.2) is 0 Å². The van der Waals surface area contributed by atoms with Crippen LogP contribution in [0.25, 0.3) is 0 Å². The van der Waals surface area contributed by atoms with Crippen LogP contribution in [0.15, 0.2) is 12.2 Å². The molecule has 2 heterocycles. The summed E-state index contributed by atoms with van der Waals surface area (Å²) in [4.78, 5) is 24.6. The van der Waals surface area contributed by atoms with E-state index in [-0.39, 0.29) is 24.0 Å². The molecule has 0 spiro atoms. The number of fused-ring (bicyclic) bond motifs is 1. The first-order valence-corrected chi connectivity index (χ1v) is 4.79. The Morgan fingerprint density at radius 1 is 1.57 bits per heavy atom. The molecule has 0 bridgehead atoms. The second-order valence-electron chi connectivity index (χ2n) is 3.62. The van der Waals surface area contributed by atoms with Gasteiger partial charge in [0.2, 0.25) is 5.91 Å². The van der Waals surface area contributed by atoms with Crippen molar-refractivity contribution in [3.63, 3.8) is 0 Å². The zero-order chi connectivity index (χ0) is 10.1. The molecule has 0 aromatic rings. The molecule has 2 atom stereocenters. The van der Waals surface area contributed by atoms with Gasteiger partial charge in [0, 0.05) is 6.42 Å². The summed E-state index contributed by atoms with van der Waals surface area (Å²) >= 11 is 0. The van der Waals surface area contributed by atoms with Crippen LogP contribution in [0.5, 0.6) is 0 Å². The highest BCUT2D eigenvalue weighted by Crippen LogP contribution is 2.29. The Balaban J connectivity index is 2.20. The zero-order valence-corrected chi connectivity index (χ0v) is 8.10. The minimum atomic E-state index is -0.359. The average Bonchev–Trinajstić information content (AvgIpc) is 2.62. The molecular weight excluding hydrogens is 182 g/mol. The van der Waals surface area contributed by atoms with E-state index in [0.29, 0.717) is 12.8 Å². The van der Waals surface area contributed by atoms with Crippen molar-refractivity contribution < 1.29 is 14.3 Å². The van der Waals surface area contributed by atoms with Crippen LogP contribution in [0.2, 0.25) is 0 Å². The third-order valence-corrected chi connectivity index (χ3v) is 2.84. The van der Waals surface area contributed by atoms with Crippen molar-refractivity contribution in [2.45, 2.75) is 31.3 Å². The third-order valence-electron chi connectivity index (χ3n) is 2.84. The van der Waals surface area contributed by atoms with Gasteiger partial charge in [0.25, 0.3) is 0 Å². The van der Waals surface area contributed by atoms with E-state index < -0.39 is 0 Å². The van der Waals surface area contributed by atoms with Crippen molar-refractivity contribution >= 4 is 11.9 Å². The lowest BCUT2D eigenvalue weighted by molar-refractivity contribution is -0.151. The molecule has 0 saturated carbocycles. The molecule has 0 N–H and O–H groups in total. The van der Waals surface area contributed by atoms with Gasteiger partial charge in [-0.15, -0.1) is 0 Å². The van der Waals surface area contributed by atoms with E-state index in [1.807, 2.05) is 12.2 Å². The first-order valence-electron chi connectivity index (χ1n) is 4.79. The van der Waals surface area contributed by atoms with Crippen LogP contribution in [-0.2, 0) is 14.3 Å². The fourth-order valence-electron chi connectivity index (χ4n) is 2.18. The van der Waals surface area contributed by atoms with E-state index >= 15 is 0 Å². The normalized spacial score (nSPS) is 30.4. The first kappa shape index (κ1) is 9.24. The predicted molar refractivity (Wildman–Crippen MR) is 49.4 cm³/mol. The average molecular weight is 195 g/mol. The number of amides is 1. The van der Waals surface area contributed by atoms with E-state index in [1.54, 1.807) is 4.90 Å². The van der Waals surface area contributed by atoms with E-state index in [1.165, 1.54) is 7.11 Å². The van der Waals surface area contributed by atoms with Gasteiger partial charge < -0.3 is 9.64 Å². The second kappa shape index (κ2) is 3.44. The number of rotatable bonds is 1. The summed E-state index contributed by atoms with van der Waals surface area (Å²) in [6.07, 6.45) is 5.87. The summed E-state index contributed by atoms with van der Waals surface area (Å²) in [5.74, 6) is -0.262. The van der Waals surface area contributed by atoms with Crippen molar-refractivity contribution in [1.29, 1.82) is 0 Å². The Morgan fingerprint density at radius 2 is 2.36 bits per heavy atom. The maximum atomic E-state index is 11.6. The number of carbonyl (C=O) groups excluding carboxylic acids is 2. The molecule has 2 aliphatic rings. The number of esters is 1. The Hall–Kier alpha value is -1.32. The van der Waals surface area contributed by atoms with Gasteiger partial charge in [-0.3, -0.25) is 4.79 Å². The van der Waals surface area contributed by atoms with Crippen LogP contribution in [0, 0.1) is 0 Å². The lowest BCUT2D eigenvalue weighted by Crippen LogP contribution is -2.45. The van der Waals surface area contributed by atoms with Crippen molar-refractivity contribution in [2.24, 2.45) is 0 Å². The van der Waals surface area contributed by atoms with Crippen LogP contribution in [0.3, 0.4) is 0 Å². The van der Waals surface area contributed by atoms with Gasteiger partial charge in [0.05, 0.1) is 13.2 Å². The van der Waals surface area contributed by atoms with Crippen LogP contribution in [0.1, 0.15) is 19.3 Å². The van der Waals surface area contributed by atoms with Crippen molar-refractivity contribution in [2.75, 3.05) is 7.11 Å². The Morgan fingerprint density at radius 3 is 3.07 bits per heavy atom. The standard InChI is InChI=1S/C10H13NO3/c1-14-10(13)8-6-5-7-3-2-4-9(12)11(7)8/h2-3,7-8H,4-6H2,1H3/t7?,8-/m0/s1. The first-order chi connectivity index (χ1) is 6.74. The summed E-state index contributed by atoms with van der Waals surface area (Å²) in [7, 11) is 1.36. The summed E-state index contributed by atoms with van der Waals surface area (Å²) in [6, 6.07) is -0.247. The quantitative estimate of drug-likeness (QED) is 0.451. The minimum Gasteiger partial charge on any atom is -0.467 e. The molecule has 4 heteroatoms. The van der Waals surface area contributed by atoms with Gasteiger partial charge in [0.1, 0.15) is 6.04 Å². The van der Waals surface area contributed by atoms with Gasteiger partial charge in [-0.1, -0.05) is 12.2 Å². The highest BCUT2D eigenvalue weighted by atomic mass is 16.5. The summed E-state index contributed by atoms with van der Waals surface area (Å²) in [5, 5.41) is 0. The molecule has 0 aromatic carbocycles. The van der Waals surface area contributed by atoms with Gasteiger partial charge in [-0.25, -0.2) is 4.79 Å². The third kappa shape index (κ3) is 1.31. The fraction of sp³-hybridized carbons (Fsp3) is 0.600. The number of methoxy groups -OCH3 is 1. The summed E-state index contributed by atoms with van der Waals surface area (Å²) < 4.78 is 4.67. The summed E-state index contributed by atoms with van der Waals surface area (Å²) in [5.41, 5.74) is 0. The molecule has 1 unspecified atom stereocenters. The van der Waals surface area contributed by atoms with Crippen molar-refractivity contribution in [3.8, 4) is 0 Å². The SMILES string of the molecule is COC(=O)[C@@H]1CCC2C=CCC(=O)N21. The number of carbonyl (C=O) groups is 2. The number of nitrogens with zero attached hydrogens (tertiary/aromatic N) is 1. The molecule has 1 fully saturated rings. The predicted octanol–water partition coefficient (Wildman–Crippen LogP) is 0.479. The molecule has 1 saturated heterocycles. The lowest BCUT2D eigenvalue weighted by Gasteiger charge is -2.29. The van der Waals surface area contributed by atoms with Gasteiger partial charge in [-0.05, 0) is 12.8 Å². The van der Waals surface area contributed by atoms with E-state index in [9.17, 15) is 9.59 Å². The Bertz CT molecular complexity index is 298. The molecule has 2 rings (SSSR count). The topological polar surface area (TPSA) is 46.6 Å². The Labute approximate surface area is 82.5 Å². The zero-order valence-electron chi connectivity index (χ0n) is 8.10. The largest absolute Gasteiger partial charge is 0.467 e. The van der Waals surface area contributed by atoms with Crippen LogP contribution in [0.4, 0.5) is 0 Å². The second-order valence-corrected chi connectivity index (χ2v) is 3.62. The van der Waals surface area contributed by atoms with E-state index in [2.05, 4.69) is 4.74 Å². The number of ether oxygens (including phenoxy) is 1. The molecular formula is C10H13NO3. The highest BCUT2D eigenvalue weighted by molar-refractivity contribution is 5.87. The smallest absolute Gasteiger partial charge is 0.328 e. The maximum Gasteiger partial charge on any atom is 0.328 e. The Kier molecular flexibility index (Phi) is 2.27. The van der Waals surface area contributed by atoms with Crippen LogP contribution < -0.4 is 0 Å². The monoisotopic (exact) mass is 195 g/mol. The van der Waals surface area contributed by atoms with E-state index in [4.69, 9.17) is 0 Å². The fourth-order valence-corrected chi connectivity index (χ4v) is 2.18. The molecule has 4 nitrogen and oxygen atoms in total.